The minimum Gasteiger partial charge on any atom is -0.388 e. The molecule has 2 rings (SSSR count). The van der Waals surface area contributed by atoms with E-state index in [-0.39, 0.29) is 16.5 Å². The van der Waals surface area contributed by atoms with E-state index in [2.05, 4.69) is 0 Å². The molecule has 5 heteroatoms. The Morgan fingerprint density at radius 2 is 1.79 bits per heavy atom. The molecule has 1 nitrogen and oxygen atoms in total. The van der Waals surface area contributed by atoms with Gasteiger partial charge in [0, 0.05) is 5.02 Å². The van der Waals surface area contributed by atoms with E-state index < -0.39 is 17.8 Å². The first kappa shape index (κ1) is 14.7. The molecule has 1 aromatic rings. The third-order valence-electron chi connectivity index (χ3n) is 3.74. The largest absolute Gasteiger partial charge is 0.416 e. The van der Waals surface area contributed by atoms with Crippen LogP contribution in [0.1, 0.15) is 49.3 Å². The zero-order chi connectivity index (χ0) is 14.0. The van der Waals surface area contributed by atoms with E-state index in [1.807, 2.05) is 0 Å². The molecule has 1 aliphatic carbocycles. The minimum atomic E-state index is -4.41. The topological polar surface area (TPSA) is 20.2 Å². The Labute approximate surface area is 115 Å². The summed E-state index contributed by atoms with van der Waals surface area (Å²) in [4.78, 5) is 0. The standard InChI is InChI=1S/C14H16ClF3O/c15-12-7-6-10(14(16,17)18)8-11(12)13(19)9-4-2-1-3-5-9/h6-9,13,19H,1-5H2. The molecular formula is C14H16ClF3O. The van der Waals surface area contributed by atoms with Gasteiger partial charge < -0.3 is 5.11 Å². The first-order chi connectivity index (χ1) is 8.89. The summed E-state index contributed by atoms with van der Waals surface area (Å²) in [7, 11) is 0. The number of aliphatic hydroxyl groups is 1. The van der Waals surface area contributed by atoms with E-state index in [9.17, 15) is 18.3 Å². The van der Waals surface area contributed by atoms with Crippen LogP contribution >= 0.6 is 11.6 Å². The van der Waals surface area contributed by atoms with Gasteiger partial charge in [-0.2, -0.15) is 13.2 Å². The predicted molar refractivity (Wildman–Crippen MR) is 68.0 cm³/mol. The first-order valence-electron chi connectivity index (χ1n) is 6.44. The molecule has 1 saturated carbocycles. The molecule has 1 fully saturated rings. The second kappa shape index (κ2) is 5.71. The smallest absolute Gasteiger partial charge is 0.388 e. The summed E-state index contributed by atoms with van der Waals surface area (Å²) in [6, 6.07) is 3.13. The lowest BCUT2D eigenvalue weighted by Crippen LogP contribution is -2.17. The molecule has 0 saturated heterocycles. The zero-order valence-corrected chi connectivity index (χ0v) is 11.1. The van der Waals surface area contributed by atoms with Crippen LogP contribution in [0.3, 0.4) is 0 Å². The lowest BCUT2D eigenvalue weighted by atomic mass is 9.82. The monoisotopic (exact) mass is 292 g/mol. The van der Waals surface area contributed by atoms with Crippen LogP contribution in [0.2, 0.25) is 5.02 Å². The molecule has 0 aromatic heterocycles. The van der Waals surface area contributed by atoms with Crippen LogP contribution in [-0.2, 0) is 6.18 Å². The summed E-state index contributed by atoms with van der Waals surface area (Å²) in [5, 5.41) is 10.5. The molecular weight excluding hydrogens is 277 g/mol. The van der Waals surface area contributed by atoms with Crippen molar-refractivity contribution in [1.29, 1.82) is 0 Å². The molecule has 0 heterocycles. The maximum absolute atomic E-state index is 12.7. The van der Waals surface area contributed by atoms with Crippen LogP contribution in [0.15, 0.2) is 18.2 Å². The van der Waals surface area contributed by atoms with E-state index >= 15 is 0 Å². The van der Waals surface area contributed by atoms with Gasteiger partial charge in [-0.05, 0) is 42.5 Å². The average Bonchev–Trinajstić information content (AvgIpc) is 2.38. The molecule has 106 valence electrons. The van der Waals surface area contributed by atoms with E-state index in [1.54, 1.807) is 0 Å². The molecule has 0 bridgehead atoms. The lowest BCUT2D eigenvalue weighted by Gasteiger charge is -2.27. The summed E-state index contributed by atoms with van der Waals surface area (Å²) >= 11 is 5.93. The van der Waals surface area contributed by atoms with Crippen LogP contribution in [0.4, 0.5) is 13.2 Å². The average molecular weight is 293 g/mol. The minimum absolute atomic E-state index is 0.00901. The van der Waals surface area contributed by atoms with Crippen LogP contribution < -0.4 is 0 Å². The van der Waals surface area contributed by atoms with Gasteiger partial charge in [0.05, 0.1) is 11.7 Å². The van der Waals surface area contributed by atoms with Crippen molar-refractivity contribution in [1.82, 2.24) is 0 Å². The van der Waals surface area contributed by atoms with E-state index in [0.29, 0.717) is 0 Å². The number of halogens is 4. The highest BCUT2D eigenvalue weighted by Crippen LogP contribution is 2.39. The molecule has 0 aliphatic heterocycles. The molecule has 0 amide bonds. The fraction of sp³-hybridized carbons (Fsp3) is 0.571. The maximum atomic E-state index is 12.7. The van der Waals surface area contributed by atoms with Gasteiger partial charge in [-0.3, -0.25) is 0 Å². The number of aliphatic hydroxyl groups excluding tert-OH is 1. The summed E-state index contributed by atoms with van der Waals surface area (Å²) in [5.41, 5.74) is -0.565. The van der Waals surface area contributed by atoms with Gasteiger partial charge in [0.15, 0.2) is 0 Å². The number of hydrogen-bond acceptors (Lipinski definition) is 1. The molecule has 0 radical (unpaired) electrons. The molecule has 0 spiro atoms. The third kappa shape index (κ3) is 3.42. The number of hydrogen-bond donors (Lipinski definition) is 1. The number of alkyl halides is 3. The van der Waals surface area contributed by atoms with Crippen molar-refractivity contribution in [3.63, 3.8) is 0 Å². The van der Waals surface area contributed by atoms with Crippen molar-refractivity contribution in [2.24, 2.45) is 5.92 Å². The van der Waals surface area contributed by atoms with E-state index in [0.717, 1.165) is 44.2 Å². The van der Waals surface area contributed by atoms with Crippen molar-refractivity contribution in [3.8, 4) is 0 Å². The Morgan fingerprint density at radius 3 is 2.37 bits per heavy atom. The Morgan fingerprint density at radius 1 is 1.16 bits per heavy atom. The maximum Gasteiger partial charge on any atom is 0.416 e. The van der Waals surface area contributed by atoms with Crippen LogP contribution in [0.5, 0.6) is 0 Å². The van der Waals surface area contributed by atoms with Crippen molar-refractivity contribution in [2.45, 2.75) is 44.4 Å². The highest BCUT2D eigenvalue weighted by Gasteiger charge is 2.33. The molecule has 1 aromatic carbocycles. The Hall–Kier alpha value is -0.740. The van der Waals surface area contributed by atoms with E-state index in [4.69, 9.17) is 11.6 Å². The van der Waals surface area contributed by atoms with Gasteiger partial charge in [-0.1, -0.05) is 30.9 Å². The summed E-state index contributed by atoms with van der Waals surface area (Å²) in [6.45, 7) is 0. The van der Waals surface area contributed by atoms with E-state index in [1.165, 1.54) is 6.07 Å². The summed E-state index contributed by atoms with van der Waals surface area (Å²) in [6.07, 6.45) is -0.487. The normalized spacial score (nSPS) is 19.4. The van der Waals surface area contributed by atoms with Gasteiger partial charge in [0.2, 0.25) is 0 Å². The Balaban J connectivity index is 2.27. The molecule has 1 N–H and O–H groups in total. The quantitative estimate of drug-likeness (QED) is 0.815. The Kier molecular flexibility index (Phi) is 4.41. The van der Waals surface area contributed by atoms with Gasteiger partial charge >= 0.3 is 6.18 Å². The first-order valence-corrected chi connectivity index (χ1v) is 6.82. The van der Waals surface area contributed by atoms with Crippen LogP contribution in [-0.4, -0.2) is 5.11 Å². The van der Waals surface area contributed by atoms with Gasteiger partial charge in [0.25, 0.3) is 0 Å². The number of rotatable bonds is 2. The van der Waals surface area contributed by atoms with Crippen molar-refractivity contribution in [3.05, 3.63) is 34.3 Å². The third-order valence-corrected chi connectivity index (χ3v) is 4.08. The Bertz CT molecular complexity index is 439. The SMILES string of the molecule is OC(c1cc(C(F)(F)F)ccc1Cl)C1CCCCC1. The fourth-order valence-corrected chi connectivity index (χ4v) is 2.88. The molecule has 1 atom stereocenters. The molecule has 1 unspecified atom stereocenters. The van der Waals surface area contributed by atoms with Gasteiger partial charge in [-0.15, -0.1) is 0 Å². The highest BCUT2D eigenvalue weighted by atomic mass is 35.5. The molecule has 1 aliphatic rings. The van der Waals surface area contributed by atoms with Crippen molar-refractivity contribution >= 4 is 11.6 Å². The van der Waals surface area contributed by atoms with Crippen molar-refractivity contribution < 1.29 is 18.3 Å². The fourth-order valence-electron chi connectivity index (χ4n) is 2.65. The second-order valence-electron chi connectivity index (χ2n) is 5.08. The zero-order valence-electron chi connectivity index (χ0n) is 10.4. The highest BCUT2D eigenvalue weighted by molar-refractivity contribution is 6.31. The van der Waals surface area contributed by atoms with Gasteiger partial charge in [0.1, 0.15) is 0 Å². The van der Waals surface area contributed by atoms with Gasteiger partial charge in [-0.25, -0.2) is 0 Å². The lowest BCUT2D eigenvalue weighted by molar-refractivity contribution is -0.137. The van der Waals surface area contributed by atoms with Crippen LogP contribution in [0, 0.1) is 5.92 Å². The summed E-state index contributed by atoms with van der Waals surface area (Å²) in [5.74, 6) is 0.00901. The molecule has 19 heavy (non-hydrogen) atoms. The number of benzene rings is 1. The van der Waals surface area contributed by atoms with Crippen LogP contribution in [0.25, 0.3) is 0 Å². The predicted octanol–water partition coefficient (Wildman–Crippen LogP) is 4.97. The van der Waals surface area contributed by atoms with Crippen molar-refractivity contribution in [2.75, 3.05) is 0 Å². The summed E-state index contributed by atoms with van der Waals surface area (Å²) < 4.78 is 38.0. The second-order valence-corrected chi connectivity index (χ2v) is 5.48.